The summed E-state index contributed by atoms with van der Waals surface area (Å²) < 4.78 is 1.91. The van der Waals surface area contributed by atoms with E-state index in [1.807, 2.05) is 12.1 Å². The number of pyridine rings is 1. The molecule has 3 aromatic rings. The maximum atomic E-state index is 12.4. The number of aromatic hydroxyl groups is 2. The molecular weight excluding hydrogens is 310 g/mol. The van der Waals surface area contributed by atoms with Crippen molar-refractivity contribution in [2.75, 3.05) is 0 Å². The van der Waals surface area contributed by atoms with Crippen LogP contribution in [0.25, 0.3) is 21.8 Å². The summed E-state index contributed by atoms with van der Waals surface area (Å²) in [6.45, 7) is 0. The second-order valence-electron chi connectivity index (χ2n) is 4.36. The van der Waals surface area contributed by atoms with Gasteiger partial charge in [0.1, 0.15) is 16.0 Å². The number of halogens is 1. The summed E-state index contributed by atoms with van der Waals surface area (Å²) in [7, 11) is 1.79. The minimum absolute atomic E-state index is 0.102. The molecule has 0 atom stereocenters. The number of aromatic nitrogens is 1. The zero-order valence-electron chi connectivity index (χ0n) is 10.0. The first kappa shape index (κ1) is 12.0. The van der Waals surface area contributed by atoms with Gasteiger partial charge in [0.2, 0.25) is 5.43 Å². The van der Waals surface area contributed by atoms with Crippen LogP contribution in [-0.2, 0) is 7.05 Å². The molecule has 2 N–H and O–H groups in total. The van der Waals surface area contributed by atoms with Gasteiger partial charge in [-0.3, -0.25) is 4.79 Å². The van der Waals surface area contributed by atoms with Crippen molar-refractivity contribution in [3.63, 3.8) is 0 Å². The molecule has 0 fully saturated rings. The average Bonchev–Trinajstić information content (AvgIpc) is 2.42. The highest BCUT2D eigenvalue weighted by atomic mass is 79.9. The van der Waals surface area contributed by atoms with Crippen molar-refractivity contribution < 1.29 is 10.2 Å². The van der Waals surface area contributed by atoms with E-state index in [1.54, 1.807) is 23.7 Å². The van der Waals surface area contributed by atoms with Gasteiger partial charge in [-0.15, -0.1) is 0 Å². The molecule has 1 heterocycles. The number of fused-ring (bicyclic) bond motifs is 2. The van der Waals surface area contributed by atoms with Gasteiger partial charge in [0, 0.05) is 18.5 Å². The SMILES string of the molecule is Cn1c2ccccc2c(=O)c2c(O)c(Br)c(O)cc21. The minimum atomic E-state index is -0.248. The zero-order valence-corrected chi connectivity index (χ0v) is 11.6. The van der Waals surface area contributed by atoms with Gasteiger partial charge in [-0.1, -0.05) is 12.1 Å². The van der Waals surface area contributed by atoms with Crippen molar-refractivity contribution in [1.29, 1.82) is 0 Å². The van der Waals surface area contributed by atoms with E-state index >= 15 is 0 Å². The van der Waals surface area contributed by atoms with E-state index in [-0.39, 0.29) is 26.8 Å². The standard InChI is InChI=1S/C14H10BrNO3/c1-16-8-5-3-2-4-7(8)13(18)11-9(16)6-10(17)12(15)14(11)19/h2-6,17,19H,1H3. The highest BCUT2D eigenvalue weighted by molar-refractivity contribution is 9.10. The number of rotatable bonds is 0. The second-order valence-corrected chi connectivity index (χ2v) is 5.15. The third-order valence-corrected chi connectivity index (χ3v) is 4.08. The van der Waals surface area contributed by atoms with E-state index in [1.165, 1.54) is 6.07 Å². The number of hydrogen-bond donors (Lipinski definition) is 2. The van der Waals surface area contributed by atoms with E-state index in [9.17, 15) is 15.0 Å². The van der Waals surface area contributed by atoms with Crippen LogP contribution in [0.3, 0.4) is 0 Å². The smallest absolute Gasteiger partial charge is 0.201 e. The Bertz CT molecular complexity index is 883. The molecule has 0 unspecified atom stereocenters. The first-order valence-corrected chi connectivity index (χ1v) is 6.43. The van der Waals surface area contributed by atoms with Gasteiger partial charge < -0.3 is 14.8 Å². The van der Waals surface area contributed by atoms with Crippen LogP contribution in [0.15, 0.2) is 39.6 Å². The lowest BCUT2D eigenvalue weighted by Crippen LogP contribution is -2.09. The number of benzene rings is 2. The lowest BCUT2D eigenvalue weighted by molar-refractivity contribution is 0.448. The molecule has 0 spiro atoms. The summed E-state index contributed by atoms with van der Waals surface area (Å²) in [4.78, 5) is 12.4. The molecule has 0 saturated heterocycles. The number of para-hydroxylation sites is 1. The first-order valence-electron chi connectivity index (χ1n) is 5.64. The molecule has 5 heteroatoms. The van der Waals surface area contributed by atoms with E-state index in [2.05, 4.69) is 15.9 Å². The van der Waals surface area contributed by atoms with Crippen LogP contribution in [-0.4, -0.2) is 14.8 Å². The van der Waals surface area contributed by atoms with Gasteiger partial charge in [0.15, 0.2) is 0 Å². The Morgan fingerprint density at radius 2 is 1.84 bits per heavy atom. The molecule has 0 bridgehead atoms. The molecule has 0 aliphatic carbocycles. The Balaban J connectivity index is 2.73. The van der Waals surface area contributed by atoms with E-state index in [4.69, 9.17) is 0 Å². The fourth-order valence-corrected chi connectivity index (χ4v) is 2.64. The molecule has 4 nitrogen and oxygen atoms in total. The molecular formula is C14H10BrNO3. The van der Waals surface area contributed by atoms with Crippen LogP contribution in [0.1, 0.15) is 0 Å². The maximum absolute atomic E-state index is 12.4. The predicted molar refractivity (Wildman–Crippen MR) is 77.7 cm³/mol. The normalized spacial score (nSPS) is 11.3. The highest BCUT2D eigenvalue weighted by Crippen LogP contribution is 2.38. The number of nitrogens with zero attached hydrogens (tertiary/aromatic N) is 1. The fourth-order valence-electron chi connectivity index (χ4n) is 2.33. The fraction of sp³-hybridized carbons (Fsp3) is 0.0714. The molecule has 0 aliphatic rings. The van der Waals surface area contributed by atoms with Gasteiger partial charge in [-0.05, 0) is 28.1 Å². The number of hydrogen-bond acceptors (Lipinski definition) is 3. The number of phenols is 2. The average molecular weight is 320 g/mol. The van der Waals surface area contributed by atoms with Gasteiger partial charge >= 0.3 is 0 Å². The zero-order chi connectivity index (χ0) is 13.7. The number of phenolic OH excluding ortho intramolecular Hbond substituents is 2. The van der Waals surface area contributed by atoms with Crippen LogP contribution < -0.4 is 5.43 Å². The molecule has 2 aromatic carbocycles. The molecule has 19 heavy (non-hydrogen) atoms. The summed E-state index contributed by atoms with van der Waals surface area (Å²) in [5.41, 5.74) is 0.991. The first-order chi connectivity index (χ1) is 9.02. The quantitative estimate of drug-likeness (QED) is 0.626. The Morgan fingerprint density at radius 1 is 1.16 bits per heavy atom. The van der Waals surface area contributed by atoms with E-state index in [0.717, 1.165) is 5.52 Å². The van der Waals surface area contributed by atoms with Crippen LogP contribution in [0, 0.1) is 0 Å². The Morgan fingerprint density at radius 3 is 2.58 bits per heavy atom. The van der Waals surface area contributed by atoms with E-state index < -0.39 is 0 Å². The van der Waals surface area contributed by atoms with Gasteiger partial charge in [0.05, 0.1) is 16.4 Å². The summed E-state index contributed by atoms with van der Waals surface area (Å²) in [5, 5.41) is 20.6. The minimum Gasteiger partial charge on any atom is -0.507 e. The lowest BCUT2D eigenvalue weighted by Gasteiger charge is -2.12. The van der Waals surface area contributed by atoms with Crippen molar-refractivity contribution in [2.45, 2.75) is 0 Å². The van der Waals surface area contributed by atoms with Crippen molar-refractivity contribution in [3.05, 3.63) is 45.0 Å². The topological polar surface area (TPSA) is 62.5 Å². The largest absolute Gasteiger partial charge is 0.507 e. The second kappa shape index (κ2) is 3.99. The Hall–Kier alpha value is -2.01. The van der Waals surface area contributed by atoms with Crippen LogP contribution in [0.4, 0.5) is 0 Å². The van der Waals surface area contributed by atoms with Crippen LogP contribution in [0.2, 0.25) is 0 Å². The Kier molecular flexibility index (Phi) is 2.53. The van der Waals surface area contributed by atoms with Gasteiger partial charge in [-0.2, -0.15) is 0 Å². The van der Waals surface area contributed by atoms with Crippen molar-refractivity contribution in [2.24, 2.45) is 7.05 Å². The maximum Gasteiger partial charge on any atom is 0.201 e. The highest BCUT2D eigenvalue weighted by Gasteiger charge is 2.16. The van der Waals surface area contributed by atoms with Crippen molar-refractivity contribution in [1.82, 2.24) is 4.57 Å². The summed E-state index contributed by atoms with van der Waals surface area (Å²) in [6.07, 6.45) is 0. The van der Waals surface area contributed by atoms with Crippen LogP contribution >= 0.6 is 15.9 Å². The third-order valence-electron chi connectivity index (χ3n) is 3.30. The molecule has 0 amide bonds. The summed E-state index contributed by atoms with van der Waals surface area (Å²) in [5.74, 6) is -0.336. The summed E-state index contributed by atoms with van der Waals surface area (Å²) >= 11 is 3.07. The van der Waals surface area contributed by atoms with Crippen molar-refractivity contribution in [3.8, 4) is 11.5 Å². The van der Waals surface area contributed by atoms with Gasteiger partial charge in [-0.25, -0.2) is 0 Å². The molecule has 3 rings (SSSR count). The van der Waals surface area contributed by atoms with Crippen LogP contribution in [0.5, 0.6) is 11.5 Å². The van der Waals surface area contributed by atoms with Crippen molar-refractivity contribution >= 4 is 37.7 Å². The molecule has 0 aliphatic heterocycles. The third kappa shape index (κ3) is 1.55. The molecule has 0 saturated carbocycles. The lowest BCUT2D eigenvalue weighted by atomic mass is 10.1. The predicted octanol–water partition coefficient (Wildman–Crippen LogP) is 2.87. The van der Waals surface area contributed by atoms with E-state index in [0.29, 0.717) is 10.9 Å². The number of aryl methyl sites for hydroxylation is 1. The summed E-state index contributed by atoms with van der Waals surface area (Å²) in [6, 6.07) is 8.63. The van der Waals surface area contributed by atoms with Gasteiger partial charge in [0.25, 0.3) is 0 Å². The Labute approximate surface area is 116 Å². The molecule has 0 radical (unpaired) electrons. The monoisotopic (exact) mass is 319 g/mol. The molecule has 1 aromatic heterocycles. The molecule has 96 valence electrons.